The molecule has 0 fully saturated rings. The van der Waals surface area contributed by atoms with E-state index >= 15 is 0 Å². The molecule has 0 aliphatic heterocycles. The van der Waals surface area contributed by atoms with Crippen LogP contribution in [0, 0.1) is 0 Å². The first-order valence-electron chi connectivity index (χ1n) is 6.97. The van der Waals surface area contributed by atoms with Crippen molar-refractivity contribution in [3.63, 3.8) is 0 Å². The number of nitrogens with one attached hydrogen (secondary N) is 1. The van der Waals surface area contributed by atoms with Crippen molar-refractivity contribution in [1.82, 2.24) is 4.98 Å². The van der Waals surface area contributed by atoms with Gasteiger partial charge in [0.25, 0.3) is 0 Å². The number of hydrogen-bond donors (Lipinski definition) is 2. The van der Waals surface area contributed by atoms with Crippen LogP contribution in [0.1, 0.15) is 51.6 Å². The summed E-state index contributed by atoms with van der Waals surface area (Å²) in [6.07, 6.45) is 1.51. The second kappa shape index (κ2) is 7.36. The molecule has 0 radical (unpaired) electrons. The number of hydrogen-bond acceptors (Lipinski definition) is 3. The minimum atomic E-state index is -4.45. The third kappa shape index (κ3) is 4.90. The predicted molar refractivity (Wildman–Crippen MR) is 75.5 cm³/mol. The first kappa shape index (κ1) is 16.6. The number of anilines is 2. The van der Waals surface area contributed by atoms with E-state index in [0.29, 0.717) is 5.69 Å². The van der Waals surface area contributed by atoms with Crippen molar-refractivity contribution in [1.29, 1.82) is 0 Å². The molecule has 0 bridgehead atoms. The van der Waals surface area contributed by atoms with Gasteiger partial charge >= 0.3 is 6.18 Å². The highest BCUT2D eigenvalue weighted by atomic mass is 19.4. The fraction of sp³-hybridized carbons (Fsp3) is 0.643. The summed E-state index contributed by atoms with van der Waals surface area (Å²) in [5.41, 5.74) is 5.36. The summed E-state index contributed by atoms with van der Waals surface area (Å²) in [6, 6.07) is 1.13. The van der Waals surface area contributed by atoms with Gasteiger partial charge in [-0.15, -0.1) is 0 Å². The second-order valence-corrected chi connectivity index (χ2v) is 4.93. The van der Waals surface area contributed by atoms with Gasteiger partial charge in [0.2, 0.25) is 0 Å². The molecular formula is C14H22F3N3. The molecule has 3 N–H and O–H groups in total. The number of nitrogens with two attached hydrogens (primary N) is 1. The zero-order chi connectivity index (χ0) is 15.2. The summed E-state index contributed by atoms with van der Waals surface area (Å²) < 4.78 is 38.0. The van der Waals surface area contributed by atoms with Gasteiger partial charge in [0.05, 0.1) is 17.6 Å². The summed E-state index contributed by atoms with van der Waals surface area (Å²) in [6.45, 7) is 4.14. The lowest BCUT2D eigenvalue weighted by Crippen LogP contribution is -2.21. The minimum absolute atomic E-state index is 0.144. The van der Waals surface area contributed by atoms with Gasteiger partial charge in [-0.1, -0.05) is 33.1 Å². The van der Waals surface area contributed by atoms with Crippen LogP contribution >= 0.6 is 0 Å². The Morgan fingerprint density at radius 2 is 1.95 bits per heavy atom. The van der Waals surface area contributed by atoms with Crippen molar-refractivity contribution in [2.45, 2.75) is 58.2 Å². The lowest BCUT2D eigenvalue weighted by atomic mass is 10.0. The zero-order valence-corrected chi connectivity index (χ0v) is 11.9. The number of rotatable bonds is 7. The first-order valence-corrected chi connectivity index (χ1v) is 6.97. The first-order chi connectivity index (χ1) is 9.38. The van der Waals surface area contributed by atoms with Crippen LogP contribution in [0.2, 0.25) is 0 Å². The average molecular weight is 289 g/mol. The molecule has 1 aromatic rings. The lowest BCUT2D eigenvalue weighted by Gasteiger charge is -2.21. The molecule has 1 rings (SSSR count). The summed E-state index contributed by atoms with van der Waals surface area (Å²) in [4.78, 5) is 3.34. The maximum Gasteiger partial charge on any atom is 0.433 e. The Balaban J connectivity index is 2.87. The van der Waals surface area contributed by atoms with Crippen LogP contribution in [0.25, 0.3) is 0 Å². The molecule has 6 heteroatoms. The quantitative estimate of drug-likeness (QED) is 0.779. The van der Waals surface area contributed by atoms with Crippen molar-refractivity contribution >= 4 is 11.4 Å². The molecular weight excluding hydrogens is 267 g/mol. The van der Waals surface area contributed by atoms with Gasteiger partial charge in [0.15, 0.2) is 0 Å². The number of aromatic nitrogens is 1. The number of halogens is 3. The van der Waals surface area contributed by atoms with Gasteiger partial charge in [-0.25, -0.2) is 4.98 Å². The van der Waals surface area contributed by atoms with E-state index in [2.05, 4.69) is 24.1 Å². The number of alkyl halides is 3. The van der Waals surface area contributed by atoms with E-state index in [4.69, 9.17) is 5.73 Å². The normalized spacial score (nSPS) is 13.2. The van der Waals surface area contributed by atoms with E-state index in [9.17, 15) is 13.2 Å². The molecule has 3 nitrogen and oxygen atoms in total. The highest BCUT2D eigenvalue weighted by Gasteiger charge is 2.33. The van der Waals surface area contributed by atoms with Crippen molar-refractivity contribution in [3.05, 3.63) is 18.0 Å². The van der Waals surface area contributed by atoms with E-state index < -0.39 is 11.9 Å². The Labute approximate surface area is 117 Å². The average Bonchev–Trinajstić information content (AvgIpc) is 2.37. The van der Waals surface area contributed by atoms with Crippen LogP contribution in [0.3, 0.4) is 0 Å². The van der Waals surface area contributed by atoms with Crippen LogP contribution in [0.15, 0.2) is 12.3 Å². The molecule has 1 unspecified atom stereocenters. The molecule has 0 aliphatic rings. The summed E-state index contributed by atoms with van der Waals surface area (Å²) in [5, 5.41) is 3.13. The Morgan fingerprint density at radius 1 is 1.25 bits per heavy atom. The summed E-state index contributed by atoms with van der Waals surface area (Å²) in [7, 11) is 0. The highest BCUT2D eigenvalue weighted by molar-refractivity contribution is 5.65. The Kier molecular flexibility index (Phi) is 6.10. The van der Waals surface area contributed by atoms with E-state index in [1.165, 1.54) is 0 Å². The molecule has 1 aromatic heterocycles. The summed E-state index contributed by atoms with van der Waals surface area (Å²) >= 11 is 0. The van der Waals surface area contributed by atoms with E-state index in [1.54, 1.807) is 0 Å². The largest absolute Gasteiger partial charge is 0.433 e. The molecule has 1 heterocycles. The van der Waals surface area contributed by atoms with Gasteiger partial charge < -0.3 is 11.1 Å². The van der Waals surface area contributed by atoms with Crippen LogP contribution < -0.4 is 11.1 Å². The molecule has 0 amide bonds. The maximum absolute atomic E-state index is 12.7. The molecule has 0 saturated heterocycles. The fourth-order valence-corrected chi connectivity index (χ4v) is 2.05. The Morgan fingerprint density at radius 3 is 2.50 bits per heavy atom. The monoisotopic (exact) mass is 289 g/mol. The van der Waals surface area contributed by atoms with Crippen LogP contribution in [0.5, 0.6) is 0 Å². The molecule has 20 heavy (non-hydrogen) atoms. The topological polar surface area (TPSA) is 50.9 Å². The maximum atomic E-state index is 12.7. The van der Waals surface area contributed by atoms with Gasteiger partial charge in [0, 0.05) is 6.04 Å². The number of pyridine rings is 1. The smallest absolute Gasteiger partial charge is 0.396 e. The minimum Gasteiger partial charge on any atom is -0.396 e. The zero-order valence-electron chi connectivity index (χ0n) is 11.9. The molecule has 0 aliphatic carbocycles. The van der Waals surface area contributed by atoms with Crippen LogP contribution in [-0.2, 0) is 6.18 Å². The lowest BCUT2D eigenvalue weighted by molar-refractivity contribution is -0.141. The molecule has 1 atom stereocenters. The molecule has 0 aromatic carbocycles. The van der Waals surface area contributed by atoms with Gasteiger partial charge in [0.1, 0.15) is 5.69 Å². The van der Waals surface area contributed by atoms with Gasteiger partial charge in [-0.2, -0.15) is 13.2 Å². The van der Waals surface area contributed by atoms with Crippen molar-refractivity contribution in [2.24, 2.45) is 0 Å². The standard InChI is InChI=1S/C14H22F3N3/c1-3-5-7-10(6-4-2)20-12-8-13(14(15,16)17)19-9-11(12)18/h8-10H,3-7,18H2,1-2H3,(H,19,20). The molecule has 114 valence electrons. The van der Waals surface area contributed by atoms with Gasteiger partial charge in [-0.3, -0.25) is 0 Å². The van der Waals surface area contributed by atoms with Crippen molar-refractivity contribution in [2.75, 3.05) is 11.1 Å². The third-order valence-electron chi connectivity index (χ3n) is 3.13. The van der Waals surface area contributed by atoms with Crippen LogP contribution in [0.4, 0.5) is 24.5 Å². The number of nitrogens with zero attached hydrogens (tertiary/aromatic N) is 1. The Hall–Kier alpha value is -1.46. The number of unbranched alkanes of at least 4 members (excludes halogenated alkanes) is 1. The predicted octanol–water partition coefficient (Wildman–Crippen LogP) is 4.45. The van der Waals surface area contributed by atoms with E-state index in [0.717, 1.165) is 44.4 Å². The SMILES string of the molecule is CCCCC(CCC)Nc1cc(C(F)(F)F)ncc1N. The number of nitrogen functional groups attached to an aromatic ring is 1. The molecule has 0 saturated carbocycles. The molecule has 0 spiro atoms. The van der Waals surface area contributed by atoms with Crippen molar-refractivity contribution < 1.29 is 13.2 Å². The van der Waals surface area contributed by atoms with E-state index in [1.807, 2.05) is 0 Å². The van der Waals surface area contributed by atoms with E-state index in [-0.39, 0.29) is 11.7 Å². The highest BCUT2D eigenvalue weighted by Crippen LogP contribution is 2.31. The third-order valence-corrected chi connectivity index (χ3v) is 3.13. The van der Waals surface area contributed by atoms with Crippen molar-refractivity contribution in [3.8, 4) is 0 Å². The second-order valence-electron chi connectivity index (χ2n) is 4.93. The van der Waals surface area contributed by atoms with Gasteiger partial charge in [-0.05, 0) is 18.9 Å². The summed E-state index contributed by atoms with van der Waals surface area (Å²) in [5.74, 6) is 0. The fourth-order valence-electron chi connectivity index (χ4n) is 2.05. The Bertz CT molecular complexity index is 419. The van der Waals surface area contributed by atoms with Crippen LogP contribution in [-0.4, -0.2) is 11.0 Å².